The van der Waals surface area contributed by atoms with Crippen molar-refractivity contribution in [3.8, 4) is 0 Å². The van der Waals surface area contributed by atoms with Crippen LogP contribution in [-0.4, -0.2) is 88.1 Å². The van der Waals surface area contributed by atoms with Crippen LogP contribution in [0.3, 0.4) is 0 Å². The molecule has 3 aliphatic rings. The van der Waals surface area contributed by atoms with Crippen molar-refractivity contribution in [1.82, 2.24) is 9.80 Å². The van der Waals surface area contributed by atoms with Crippen molar-refractivity contribution in [2.45, 2.75) is 20.3 Å². The van der Waals surface area contributed by atoms with E-state index in [1.807, 2.05) is 26.0 Å². The van der Waals surface area contributed by atoms with Gasteiger partial charge in [-0.2, -0.15) is 0 Å². The van der Waals surface area contributed by atoms with Gasteiger partial charge < -0.3 is 28.9 Å². The predicted octanol–water partition coefficient (Wildman–Crippen LogP) is 3.05. The summed E-state index contributed by atoms with van der Waals surface area (Å²) in [5.41, 5.74) is 4.36. The van der Waals surface area contributed by atoms with E-state index in [2.05, 4.69) is 39.9 Å². The molecule has 0 radical (unpaired) electrons. The second kappa shape index (κ2) is 11.5. The van der Waals surface area contributed by atoms with Gasteiger partial charge in [-0.15, -0.1) is 0 Å². The molecule has 0 N–H and O–H groups in total. The molecule has 2 saturated heterocycles. The van der Waals surface area contributed by atoms with Crippen molar-refractivity contribution in [2.24, 2.45) is 0 Å². The minimum Gasteiger partial charge on any atom is -0.448 e. The van der Waals surface area contributed by atoms with Crippen LogP contribution in [0.5, 0.6) is 0 Å². The van der Waals surface area contributed by atoms with Gasteiger partial charge in [0.2, 0.25) is 6.41 Å². The second-order valence-corrected chi connectivity index (χ2v) is 10.1. The predicted molar refractivity (Wildman–Crippen MR) is 155 cm³/mol. The van der Waals surface area contributed by atoms with Gasteiger partial charge >= 0.3 is 0 Å². The number of likely N-dealkylation sites (N-methyl/N-ethyl adjacent to an activating group) is 1. The van der Waals surface area contributed by atoms with E-state index in [-0.39, 0.29) is 17.1 Å². The maximum Gasteiger partial charge on any atom is 0.289 e. The number of nitrogens with zero attached hydrogens (tertiary/aromatic N) is 5. The first-order valence-electron chi connectivity index (χ1n) is 13.9. The summed E-state index contributed by atoms with van der Waals surface area (Å²) in [7, 11) is 2.10. The summed E-state index contributed by atoms with van der Waals surface area (Å²) in [5, 5.41) is 0.499. The summed E-state index contributed by atoms with van der Waals surface area (Å²) in [6.45, 7) is 10.6. The van der Waals surface area contributed by atoms with Gasteiger partial charge in [-0.25, -0.2) is 0 Å². The van der Waals surface area contributed by atoms with Gasteiger partial charge in [-0.05, 0) is 43.3 Å². The van der Waals surface area contributed by atoms with Crippen molar-refractivity contribution in [3.63, 3.8) is 0 Å². The standard InChI is InChI=1S/C28H31N5O4.C2H6/c1-29-9-11-31(12-10-29)23-4-2-3-22-25(35)18-26(37-27(22)23)28(36)32-15-13-30(14-16-32)21-6-5-20-7-8-33(19-34)24(20)17-21;1-2/h2-6,17-19H,7-16H2,1H3;1-2H3. The third-order valence-electron chi connectivity index (χ3n) is 7.85. The van der Waals surface area contributed by atoms with E-state index in [9.17, 15) is 14.4 Å². The second-order valence-electron chi connectivity index (χ2n) is 10.1. The van der Waals surface area contributed by atoms with E-state index in [4.69, 9.17) is 4.42 Å². The fraction of sp³-hybridized carbons (Fsp3) is 0.433. The Balaban J connectivity index is 0.00000151. The summed E-state index contributed by atoms with van der Waals surface area (Å²) in [6.07, 6.45) is 1.77. The van der Waals surface area contributed by atoms with Crippen molar-refractivity contribution < 1.29 is 14.0 Å². The number of fused-ring (bicyclic) bond motifs is 2. The molecule has 0 saturated carbocycles. The Morgan fingerprint density at radius 3 is 2.28 bits per heavy atom. The van der Waals surface area contributed by atoms with Crippen LogP contribution in [0.4, 0.5) is 17.1 Å². The number of carbonyl (C=O) groups excluding carboxylic acids is 2. The number of anilines is 3. The monoisotopic (exact) mass is 531 g/mol. The van der Waals surface area contributed by atoms with Crippen molar-refractivity contribution in [3.05, 3.63) is 64.0 Å². The Hall–Kier alpha value is -3.85. The molecule has 0 aliphatic carbocycles. The number of amides is 2. The van der Waals surface area contributed by atoms with E-state index < -0.39 is 0 Å². The van der Waals surface area contributed by atoms with Crippen LogP contribution in [0.2, 0.25) is 0 Å². The largest absolute Gasteiger partial charge is 0.448 e. The van der Waals surface area contributed by atoms with Gasteiger partial charge in [0.15, 0.2) is 16.8 Å². The van der Waals surface area contributed by atoms with Gasteiger partial charge in [-0.1, -0.05) is 26.0 Å². The topological polar surface area (TPSA) is 80.6 Å². The quantitative estimate of drug-likeness (QED) is 0.479. The molecule has 0 atom stereocenters. The lowest BCUT2D eigenvalue weighted by molar-refractivity contribution is -0.107. The highest BCUT2D eigenvalue weighted by atomic mass is 16.3. The third-order valence-corrected chi connectivity index (χ3v) is 7.85. The molecular weight excluding hydrogens is 494 g/mol. The zero-order valence-corrected chi connectivity index (χ0v) is 23.1. The van der Waals surface area contributed by atoms with E-state index in [0.717, 1.165) is 62.6 Å². The van der Waals surface area contributed by atoms with Crippen molar-refractivity contribution in [2.75, 3.05) is 80.7 Å². The SMILES string of the molecule is CC.CN1CCN(c2cccc3c(=O)cc(C(=O)N4CCN(c5ccc6c(c5)N(C=O)CC6)CC4)oc23)CC1. The number of piperazine rings is 2. The summed E-state index contributed by atoms with van der Waals surface area (Å²) in [6, 6.07) is 13.2. The highest BCUT2D eigenvalue weighted by Crippen LogP contribution is 2.32. The molecule has 0 spiro atoms. The van der Waals surface area contributed by atoms with Crippen LogP contribution < -0.4 is 20.1 Å². The Bertz CT molecular complexity index is 1400. The lowest BCUT2D eigenvalue weighted by Gasteiger charge is -2.36. The molecule has 4 heterocycles. The van der Waals surface area contributed by atoms with Gasteiger partial charge in [-0.3, -0.25) is 14.4 Å². The van der Waals surface area contributed by atoms with Crippen LogP contribution in [0.25, 0.3) is 11.0 Å². The van der Waals surface area contributed by atoms with Crippen LogP contribution in [-0.2, 0) is 11.2 Å². The van der Waals surface area contributed by atoms with Crippen molar-refractivity contribution in [1.29, 1.82) is 0 Å². The molecule has 0 unspecified atom stereocenters. The molecule has 9 heteroatoms. The Labute approximate surface area is 229 Å². The van der Waals surface area contributed by atoms with Crippen LogP contribution >= 0.6 is 0 Å². The number of carbonyl (C=O) groups is 2. The van der Waals surface area contributed by atoms with E-state index in [0.29, 0.717) is 37.1 Å². The minimum absolute atomic E-state index is 0.0895. The minimum atomic E-state index is -0.257. The first-order valence-corrected chi connectivity index (χ1v) is 13.9. The smallest absolute Gasteiger partial charge is 0.289 e. The van der Waals surface area contributed by atoms with Crippen LogP contribution in [0, 0.1) is 0 Å². The number of hydrogen-bond donors (Lipinski definition) is 0. The molecule has 3 aliphatic heterocycles. The zero-order valence-electron chi connectivity index (χ0n) is 23.1. The van der Waals surface area contributed by atoms with Gasteiger partial charge in [0, 0.05) is 76.3 Å². The molecule has 1 aromatic heterocycles. The van der Waals surface area contributed by atoms with Crippen LogP contribution in [0.1, 0.15) is 30.0 Å². The normalized spacial score (nSPS) is 17.6. The van der Waals surface area contributed by atoms with E-state index >= 15 is 0 Å². The number of hydrogen-bond acceptors (Lipinski definition) is 7. The molecule has 0 bridgehead atoms. The summed E-state index contributed by atoms with van der Waals surface area (Å²) in [4.78, 5) is 48.0. The highest BCUT2D eigenvalue weighted by molar-refractivity contribution is 5.96. The number of rotatable bonds is 4. The van der Waals surface area contributed by atoms with E-state index in [1.165, 1.54) is 11.6 Å². The fourth-order valence-corrected chi connectivity index (χ4v) is 5.59. The van der Waals surface area contributed by atoms with E-state index in [1.54, 1.807) is 15.9 Å². The first-order chi connectivity index (χ1) is 19.0. The zero-order chi connectivity index (χ0) is 27.5. The Kier molecular flexibility index (Phi) is 7.88. The highest BCUT2D eigenvalue weighted by Gasteiger charge is 2.27. The summed E-state index contributed by atoms with van der Waals surface area (Å²) >= 11 is 0. The molecule has 3 aromatic rings. The van der Waals surface area contributed by atoms with Crippen LogP contribution in [0.15, 0.2) is 51.7 Å². The molecule has 2 fully saturated rings. The molecule has 6 rings (SSSR count). The van der Waals surface area contributed by atoms with Gasteiger partial charge in [0.1, 0.15) is 0 Å². The first kappa shape index (κ1) is 26.7. The summed E-state index contributed by atoms with van der Waals surface area (Å²) in [5.74, 6) is -0.167. The third kappa shape index (κ3) is 5.23. The Morgan fingerprint density at radius 2 is 1.56 bits per heavy atom. The number of para-hydroxylation sites is 1. The number of benzene rings is 2. The maximum atomic E-state index is 13.4. The Morgan fingerprint density at radius 1 is 0.846 bits per heavy atom. The molecule has 39 heavy (non-hydrogen) atoms. The van der Waals surface area contributed by atoms with Gasteiger partial charge in [0.05, 0.1) is 11.1 Å². The lowest BCUT2D eigenvalue weighted by Crippen LogP contribution is -2.49. The molecule has 2 aromatic carbocycles. The maximum absolute atomic E-state index is 13.4. The van der Waals surface area contributed by atoms with Gasteiger partial charge in [0.25, 0.3) is 5.91 Å². The lowest BCUT2D eigenvalue weighted by atomic mass is 10.1. The fourth-order valence-electron chi connectivity index (χ4n) is 5.59. The molecule has 9 nitrogen and oxygen atoms in total. The summed E-state index contributed by atoms with van der Waals surface area (Å²) < 4.78 is 6.16. The molecule has 206 valence electrons. The van der Waals surface area contributed by atoms with Crippen molar-refractivity contribution >= 4 is 40.3 Å². The molecular formula is C30H37N5O4. The average molecular weight is 532 g/mol. The average Bonchev–Trinajstić information content (AvgIpc) is 3.40. The molecule has 2 amide bonds.